The second-order valence-corrected chi connectivity index (χ2v) is 6.65. The summed E-state index contributed by atoms with van der Waals surface area (Å²) >= 11 is 0. The van der Waals surface area contributed by atoms with Crippen molar-refractivity contribution in [2.45, 2.75) is 96.5 Å². The molecule has 0 saturated carbocycles. The molecule has 5 nitrogen and oxygen atoms in total. The normalized spacial score (nSPS) is 13.6. The summed E-state index contributed by atoms with van der Waals surface area (Å²) in [5, 5.41) is 28.9. The van der Waals surface area contributed by atoms with Crippen LogP contribution in [0, 0.1) is 5.92 Å². The van der Waals surface area contributed by atoms with Crippen molar-refractivity contribution in [1.29, 1.82) is 0 Å². The molecular formula is C19H35O5-. The predicted molar refractivity (Wildman–Crippen MR) is 92.3 cm³/mol. The lowest BCUT2D eigenvalue weighted by Crippen LogP contribution is -2.42. The maximum Gasteiger partial charge on any atom is 0.172 e. The van der Waals surface area contributed by atoms with Gasteiger partial charge in [-0.3, -0.25) is 4.79 Å². The van der Waals surface area contributed by atoms with Gasteiger partial charge in [0.2, 0.25) is 0 Å². The fourth-order valence-electron chi connectivity index (χ4n) is 2.89. The molecule has 0 aromatic rings. The van der Waals surface area contributed by atoms with E-state index in [0.29, 0.717) is 6.42 Å². The van der Waals surface area contributed by atoms with Gasteiger partial charge >= 0.3 is 0 Å². The smallest absolute Gasteiger partial charge is 0.172 e. The van der Waals surface area contributed by atoms with Crippen LogP contribution in [0.5, 0.6) is 0 Å². The van der Waals surface area contributed by atoms with Crippen LogP contribution >= 0.6 is 0 Å². The van der Waals surface area contributed by atoms with Crippen LogP contribution in [0.4, 0.5) is 0 Å². The van der Waals surface area contributed by atoms with Crippen LogP contribution in [0.2, 0.25) is 0 Å². The molecule has 24 heavy (non-hydrogen) atoms. The molecule has 0 rings (SSSR count). The van der Waals surface area contributed by atoms with Gasteiger partial charge in [0.15, 0.2) is 5.78 Å². The van der Waals surface area contributed by atoms with Gasteiger partial charge < -0.3 is 20.1 Å². The van der Waals surface area contributed by atoms with Crippen LogP contribution in [0.25, 0.3) is 0 Å². The van der Waals surface area contributed by atoms with Crippen LogP contribution < -0.4 is 5.11 Å². The van der Waals surface area contributed by atoms with Gasteiger partial charge in [0.25, 0.3) is 0 Å². The molecule has 0 aromatic heterocycles. The molecule has 0 radical (unpaired) electrons. The van der Waals surface area contributed by atoms with Crippen LogP contribution in [-0.4, -0.2) is 34.7 Å². The van der Waals surface area contributed by atoms with Gasteiger partial charge in [-0.05, 0) is 6.42 Å². The summed E-state index contributed by atoms with van der Waals surface area (Å²) in [5.74, 6) is -3.62. The molecule has 0 aliphatic rings. The van der Waals surface area contributed by atoms with Gasteiger partial charge in [-0.15, -0.1) is 0 Å². The Balaban J connectivity index is 3.59. The number of ketones is 1. The minimum atomic E-state index is -1.62. The molecule has 0 spiro atoms. The van der Waals surface area contributed by atoms with Crippen LogP contribution in [-0.2, 0) is 9.59 Å². The van der Waals surface area contributed by atoms with E-state index in [2.05, 4.69) is 6.92 Å². The Morgan fingerprint density at radius 1 is 0.833 bits per heavy atom. The second kappa shape index (κ2) is 15.6. The number of carbonyl (C=O) groups is 2. The monoisotopic (exact) mass is 343 g/mol. The van der Waals surface area contributed by atoms with Crippen LogP contribution in [0.15, 0.2) is 0 Å². The number of unbranched alkanes of at least 4 members (excludes halogenated alkanes) is 11. The quantitative estimate of drug-likeness (QED) is 0.312. The maximum atomic E-state index is 11.6. The third-order valence-corrected chi connectivity index (χ3v) is 4.48. The summed E-state index contributed by atoms with van der Waals surface area (Å²) in [4.78, 5) is 22.6. The third kappa shape index (κ3) is 11.6. The summed E-state index contributed by atoms with van der Waals surface area (Å²) in [5.41, 5.74) is 0. The SMILES string of the molecule is CCCCCCCCCCCCCCC(C(=O)[O-])C(=O)C(O)CO. The Hall–Kier alpha value is -0.940. The standard InChI is InChI=1S/C19H36O5/c1-2-3-4-5-6-7-8-9-10-11-12-13-14-16(19(23)24)18(22)17(21)15-20/h16-17,20-21H,2-15H2,1H3,(H,23,24)/p-1. The molecule has 0 fully saturated rings. The topological polar surface area (TPSA) is 97.7 Å². The zero-order valence-corrected chi connectivity index (χ0v) is 15.2. The molecule has 142 valence electrons. The molecule has 0 saturated heterocycles. The molecule has 5 heteroatoms. The molecule has 0 amide bonds. The molecule has 2 unspecified atom stereocenters. The van der Waals surface area contributed by atoms with E-state index in [1.165, 1.54) is 51.4 Å². The highest BCUT2D eigenvalue weighted by atomic mass is 16.4. The lowest BCUT2D eigenvalue weighted by atomic mass is 9.93. The third-order valence-electron chi connectivity index (χ3n) is 4.48. The minimum Gasteiger partial charge on any atom is -0.549 e. The van der Waals surface area contributed by atoms with E-state index in [1.54, 1.807) is 0 Å². The predicted octanol–water partition coefficient (Wildman–Crippen LogP) is 2.37. The maximum absolute atomic E-state index is 11.6. The lowest BCUT2D eigenvalue weighted by Gasteiger charge is -2.19. The fourth-order valence-corrected chi connectivity index (χ4v) is 2.89. The van der Waals surface area contributed by atoms with E-state index < -0.39 is 30.4 Å². The molecule has 0 aromatic carbocycles. The highest BCUT2D eigenvalue weighted by Crippen LogP contribution is 2.16. The van der Waals surface area contributed by atoms with Gasteiger partial charge in [0, 0.05) is 0 Å². The first-order valence-electron chi connectivity index (χ1n) is 9.58. The summed E-state index contributed by atoms with van der Waals surface area (Å²) in [6.45, 7) is 1.47. The Morgan fingerprint density at radius 2 is 1.25 bits per heavy atom. The Morgan fingerprint density at radius 3 is 1.62 bits per heavy atom. The van der Waals surface area contributed by atoms with E-state index in [0.717, 1.165) is 19.3 Å². The van der Waals surface area contributed by atoms with E-state index in [9.17, 15) is 19.8 Å². The summed E-state index contributed by atoms with van der Waals surface area (Å²) in [6.07, 6.45) is 12.6. The van der Waals surface area contributed by atoms with E-state index in [1.807, 2.05) is 0 Å². The number of aliphatic carboxylic acids is 1. The number of aliphatic hydroxyl groups excluding tert-OH is 2. The Kier molecular flexibility index (Phi) is 15.0. The van der Waals surface area contributed by atoms with Gasteiger partial charge in [-0.2, -0.15) is 0 Å². The number of carboxylic acid groups (broad SMARTS) is 1. The highest BCUT2D eigenvalue weighted by Gasteiger charge is 2.25. The summed E-state index contributed by atoms with van der Waals surface area (Å²) < 4.78 is 0. The molecule has 2 N–H and O–H groups in total. The van der Waals surface area contributed by atoms with Crippen molar-refractivity contribution in [3.05, 3.63) is 0 Å². The number of carbonyl (C=O) groups excluding carboxylic acids is 2. The molecule has 2 atom stereocenters. The number of hydrogen-bond donors (Lipinski definition) is 2. The average Bonchev–Trinajstić information content (AvgIpc) is 2.57. The van der Waals surface area contributed by atoms with Gasteiger partial charge in [0.05, 0.1) is 18.5 Å². The zero-order valence-electron chi connectivity index (χ0n) is 15.2. The van der Waals surface area contributed by atoms with Gasteiger partial charge in [-0.1, -0.05) is 84.0 Å². The van der Waals surface area contributed by atoms with Crippen molar-refractivity contribution >= 4 is 11.8 Å². The van der Waals surface area contributed by atoms with Crippen molar-refractivity contribution in [1.82, 2.24) is 0 Å². The van der Waals surface area contributed by atoms with E-state index in [4.69, 9.17) is 5.11 Å². The summed E-state index contributed by atoms with van der Waals surface area (Å²) in [6, 6.07) is 0. The zero-order chi connectivity index (χ0) is 18.2. The van der Waals surface area contributed by atoms with Crippen molar-refractivity contribution in [3.63, 3.8) is 0 Å². The number of aliphatic hydroxyl groups is 2. The van der Waals surface area contributed by atoms with E-state index in [-0.39, 0.29) is 6.42 Å². The lowest BCUT2D eigenvalue weighted by molar-refractivity contribution is -0.310. The molecule has 0 aliphatic heterocycles. The fraction of sp³-hybridized carbons (Fsp3) is 0.895. The van der Waals surface area contributed by atoms with Crippen molar-refractivity contribution in [2.75, 3.05) is 6.61 Å². The average molecular weight is 343 g/mol. The van der Waals surface area contributed by atoms with Gasteiger partial charge in [-0.25, -0.2) is 0 Å². The first-order chi connectivity index (χ1) is 11.5. The Labute approximate surface area is 146 Å². The minimum absolute atomic E-state index is 0.176. The van der Waals surface area contributed by atoms with Crippen LogP contribution in [0.3, 0.4) is 0 Å². The molecule has 0 heterocycles. The van der Waals surface area contributed by atoms with Crippen molar-refractivity contribution in [3.8, 4) is 0 Å². The number of carboxylic acids is 1. The first kappa shape index (κ1) is 23.1. The van der Waals surface area contributed by atoms with Gasteiger partial charge in [0.1, 0.15) is 6.10 Å². The van der Waals surface area contributed by atoms with Crippen molar-refractivity contribution in [2.24, 2.45) is 5.92 Å². The van der Waals surface area contributed by atoms with Crippen molar-refractivity contribution < 1.29 is 24.9 Å². The first-order valence-corrected chi connectivity index (χ1v) is 9.58. The summed E-state index contributed by atoms with van der Waals surface area (Å²) in [7, 11) is 0. The molecule has 0 bridgehead atoms. The molecular weight excluding hydrogens is 308 g/mol. The number of hydrogen-bond acceptors (Lipinski definition) is 5. The number of Topliss-reactive ketones (excluding diaryl/α,β-unsaturated/α-hetero) is 1. The van der Waals surface area contributed by atoms with Crippen LogP contribution in [0.1, 0.15) is 90.4 Å². The largest absolute Gasteiger partial charge is 0.549 e. The highest BCUT2D eigenvalue weighted by molar-refractivity contribution is 5.99. The number of rotatable bonds is 17. The second-order valence-electron chi connectivity index (χ2n) is 6.65. The molecule has 0 aliphatic carbocycles. The Bertz CT molecular complexity index is 330. The van der Waals surface area contributed by atoms with E-state index >= 15 is 0 Å².